The normalized spacial score (nSPS) is 14.8. The summed E-state index contributed by atoms with van der Waals surface area (Å²) in [5.41, 5.74) is 3.52. The fourth-order valence-corrected chi connectivity index (χ4v) is 5.59. The largest absolute Gasteiger partial charge is 0.478 e. The Kier molecular flexibility index (Phi) is 5.90. The van der Waals surface area contributed by atoms with Gasteiger partial charge in [0.2, 0.25) is 0 Å². The number of carboxylic acids is 1. The molecule has 0 atom stereocenters. The van der Waals surface area contributed by atoms with Crippen LogP contribution in [0, 0.1) is 20.8 Å². The summed E-state index contributed by atoms with van der Waals surface area (Å²) in [5, 5.41) is 9.26. The van der Waals surface area contributed by atoms with E-state index in [0.717, 1.165) is 35.8 Å². The maximum Gasteiger partial charge on any atom is 0.335 e. The summed E-state index contributed by atoms with van der Waals surface area (Å²) in [7, 11) is -3.91. The third-order valence-electron chi connectivity index (χ3n) is 4.99. The van der Waals surface area contributed by atoms with E-state index < -0.39 is 16.0 Å². The predicted octanol–water partition coefficient (Wildman–Crippen LogP) is 3.66. The zero-order chi connectivity index (χ0) is 20.5. The molecule has 3 rings (SSSR count). The standard InChI is InChI=1S/C20H24N2O4S2/c1-13-10-16(20(23)24)12-19(15(13)3)28(25,26)21-18-5-4-17(11-14(18)2)22-6-8-27-9-7-22/h4-5,10-12,21H,6-9H2,1-3H3,(H,23,24). The molecule has 2 N–H and O–H groups in total. The first-order valence-corrected chi connectivity index (χ1v) is 11.6. The number of nitrogens with one attached hydrogen (secondary N) is 1. The van der Waals surface area contributed by atoms with Gasteiger partial charge in [-0.2, -0.15) is 11.8 Å². The third kappa shape index (κ3) is 4.28. The van der Waals surface area contributed by atoms with Gasteiger partial charge in [0.25, 0.3) is 10.0 Å². The number of thioether (sulfide) groups is 1. The number of sulfonamides is 1. The van der Waals surface area contributed by atoms with E-state index in [4.69, 9.17) is 0 Å². The number of aromatic carboxylic acids is 1. The Morgan fingerprint density at radius 1 is 1.07 bits per heavy atom. The molecule has 1 aliphatic rings. The molecule has 0 amide bonds. The molecule has 0 unspecified atom stereocenters. The minimum absolute atomic E-state index is 0.0126. The lowest BCUT2D eigenvalue weighted by Crippen LogP contribution is -2.32. The average molecular weight is 421 g/mol. The quantitative estimate of drug-likeness (QED) is 0.768. The maximum atomic E-state index is 13.0. The maximum absolute atomic E-state index is 13.0. The summed E-state index contributed by atoms with van der Waals surface area (Å²) in [4.78, 5) is 13.6. The van der Waals surface area contributed by atoms with Crippen molar-refractivity contribution in [2.75, 3.05) is 34.2 Å². The highest BCUT2D eigenvalue weighted by molar-refractivity contribution is 7.99. The molecule has 2 aromatic rings. The van der Waals surface area contributed by atoms with Gasteiger partial charge in [-0.05, 0) is 67.8 Å². The van der Waals surface area contributed by atoms with Gasteiger partial charge in [0, 0.05) is 30.3 Å². The third-order valence-corrected chi connectivity index (χ3v) is 7.42. The fourth-order valence-electron chi connectivity index (χ4n) is 3.21. The van der Waals surface area contributed by atoms with Crippen LogP contribution in [0.3, 0.4) is 0 Å². The van der Waals surface area contributed by atoms with Crippen molar-refractivity contribution in [2.24, 2.45) is 0 Å². The van der Waals surface area contributed by atoms with Gasteiger partial charge < -0.3 is 10.0 Å². The van der Waals surface area contributed by atoms with E-state index in [0.29, 0.717) is 16.8 Å². The van der Waals surface area contributed by atoms with Crippen LogP contribution in [0.4, 0.5) is 11.4 Å². The first-order valence-electron chi connectivity index (χ1n) is 9.00. The van der Waals surface area contributed by atoms with E-state index in [2.05, 4.69) is 9.62 Å². The van der Waals surface area contributed by atoms with E-state index >= 15 is 0 Å². The van der Waals surface area contributed by atoms with Crippen molar-refractivity contribution in [3.05, 3.63) is 52.6 Å². The summed E-state index contributed by atoms with van der Waals surface area (Å²) >= 11 is 1.94. The highest BCUT2D eigenvalue weighted by Crippen LogP contribution is 2.28. The van der Waals surface area contributed by atoms with Gasteiger partial charge in [-0.15, -0.1) is 0 Å². The molecule has 6 nitrogen and oxygen atoms in total. The molecule has 2 aromatic carbocycles. The number of benzene rings is 2. The van der Waals surface area contributed by atoms with Crippen molar-refractivity contribution in [1.29, 1.82) is 0 Å². The van der Waals surface area contributed by atoms with Gasteiger partial charge >= 0.3 is 5.97 Å². The van der Waals surface area contributed by atoms with E-state index in [1.165, 1.54) is 12.1 Å². The first-order chi connectivity index (χ1) is 13.2. The molecular formula is C20H24N2O4S2. The minimum atomic E-state index is -3.91. The van der Waals surface area contributed by atoms with Crippen LogP contribution in [-0.2, 0) is 10.0 Å². The monoisotopic (exact) mass is 420 g/mol. The Hall–Kier alpha value is -2.19. The van der Waals surface area contributed by atoms with Crippen molar-refractivity contribution in [1.82, 2.24) is 0 Å². The molecule has 1 heterocycles. The molecule has 0 saturated carbocycles. The second kappa shape index (κ2) is 8.05. The molecule has 8 heteroatoms. The minimum Gasteiger partial charge on any atom is -0.478 e. The van der Waals surface area contributed by atoms with Crippen LogP contribution in [0.5, 0.6) is 0 Å². The predicted molar refractivity (Wildman–Crippen MR) is 114 cm³/mol. The van der Waals surface area contributed by atoms with E-state index in [-0.39, 0.29) is 10.5 Å². The lowest BCUT2D eigenvalue weighted by atomic mass is 10.1. The van der Waals surface area contributed by atoms with Crippen LogP contribution in [0.1, 0.15) is 27.0 Å². The van der Waals surface area contributed by atoms with Crippen LogP contribution < -0.4 is 9.62 Å². The van der Waals surface area contributed by atoms with Crippen molar-refractivity contribution < 1.29 is 18.3 Å². The van der Waals surface area contributed by atoms with Crippen molar-refractivity contribution >= 4 is 39.1 Å². The number of aryl methyl sites for hydroxylation is 2. The Morgan fingerprint density at radius 3 is 2.36 bits per heavy atom. The highest BCUT2D eigenvalue weighted by atomic mass is 32.2. The number of anilines is 2. The second-order valence-electron chi connectivity index (χ2n) is 6.93. The molecule has 1 aliphatic heterocycles. The molecule has 0 bridgehead atoms. The average Bonchev–Trinajstić information content (AvgIpc) is 2.65. The fraction of sp³-hybridized carbons (Fsp3) is 0.350. The zero-order valence-corrected chi connectivity index (χ0v) is 17.8. The Balaban J connectivity index is 1.91. The van der Waals surface area contributed by atoms with Crippen LogP contribution in [-0.4, -0.2) is 44.1 Å². The Labute approximate surface area is 170 Å². The molecule has 0 aromatic heterocycles. The van der Waals surface area contributed by atoms with Gasteiger partial charge in [-0.3, -0.25) is 4.72 Å². The number of carbonyl (C=O) groups is 1. The lowest BCUT2D eigenvalue weighted by molar-refractivity contribution is 0.0696. The smallest absolute Gasteiger partial charge is 0.335 e. The summed E-state index contributed by atoms with van der Waals surface area (Å²) < 4.78 is 28.6. The SMILES string of the molecule is Cc1cc(N2CCSCC2)ccc1NS(=O)(=O)c1cc(C(=O)O)cc(C)c1C. The molecule has 28 heavy (non-hydrogen) atoms. The molecule has 0 aliphatic carbocycles. The number of hydrogen-bond acceptors (Lipinski definition) is 5. The van der Waals surface area contributed by atoms with Gasteiger partial charge in [0.1, 0.15) is 0 Å². The zero-order valence-electron chi connectivity index (χ0n) is 16.2. The summed E-state index contributed by atoms with van der Waals surface area (Å²) in [6.45, 7) is 7.22. The number of rotatable bonds is 5. The molecule has 1 saturated heterocycles. The number of nitrogens with zero attached hydrogens (tertiary/aromatic N) is 1. The molecule has 150 valence electrons. The van der Waals surface area contributed by atoms with Gasteiger partial charge in [0.05, 0.1) is 16.1 Å². The van der Waals surface area contributed by atoms with Crippen LogP contribution >= 0.6 is 11.8 Å². The topological polar surface area (TPSA) is 86.7 Å². The summed E-state index contributed by atoms with van der Waals surface area (Å²) in [6.07, 6.45) is 0. The van der Waals surface area contributed by atoms with Gasteiger partial charge in [-0.25, -0.2) is 13.2 Å². The van der Waals surface area contributed by atoms with Crippen LogP contribution in [0.2, 0.25) is 0 Å². The molecular weight excluding hydrogens is 396 g/mol. The molecule has 1 fully saturated rings. The van der Waals surface area contributed by atoms with Crippen molar-refractivity contribution in [2.45, 2.75) is 25.7 Å². The lowest BCUT2D eigenvalue weighted by Gasteiger charge is -2.29. The molecule has 0 spiro atoms. The second-order valence-corrected chi connectivity index (χ2v) is 9.80. The van der Waals surface area contributed by atoms with Gasteiger partial charge in [0.15, 0.2) is 0 Å². The van der Waals surface area contributed by atoms with Crippen LogP contribution in [0.15, 0.2) is 35.2 Å². The highest BCUT2D eigenvalue weighted by Gasteiger charge is 2.22. The van der Waals surface area contributed by atoms with E-state index in [9.17, 15) is 18.3 Å². The van der Waals surface area contributed by atoms with Crippen molar-refractivity contribution in [3.8, 4) is 0 Å². The number of hydrogen-bond donors (Lipinski definition) is 2. The first kappa shape index (κ1) is 20.5. The summed E-state index contributed by atoms with van der Waals surface area (Å²) in [5.74, 6) is 1.03. The Morgan fingerprint density at radius 2 is 1.75 bits per heavy atom. The van der Waals surface area contributed by atoms with Crippen molar-refractivity contribution in [3.63, 3.8) is 0 Å². The number of carboxylic acid groups (broad SMARTS) is 1. The van der Waals surface area contributed by atoms with E-state index in [1.807, 2.05) is 30.8 Å². The summed E-state index contributed by atoms with van der Waals surface area (Å²) in [6, 6.07) is 8.37. The van der Waals surface area contributed by atoms with E-state index in [1.54, 1.807) is 19.9 Å². The molecule has 0 radical (unpaired) electrons. The Bertz CT molecular complexity index is 1010. The van der Waals surface area contributed by atoms with Crippen LogP contribution in [0.25, 0.3) is 0 Å². The van der Waals surface area contributed by atoms with Gasteiger partial charge in [-0.1, -0.05) is 0 Å².